The van der Waals surface area contributed by atoms with Crippen LogP contribution in [0.1, 0.15) is 225 Å². The lowest BCUT2D eigenvalue weighted by Crippen LogP contribution is -2.53. The second kappa shape index (κ2) is 17.7. The Labute approximate surface area is 363 Å². The van der Waals surface area contributed by atoms with Crippen LogP contribution in [-0.2, 0) is 9.47 Å². The van der Waals surface area contributed by atoms with E-state index >= 15 is 0 Å². The molecule has 10 aliphatic carbocycles. The van der Waals surface area contributed by atoms with Gasteiger partial charge in [0.15, 0.2) is 0 Å². The summed E-state index contributed by atoms with van der Waals surface area (Å²) in [5.74, 6) is 13.8. The van der Waals surface area contributed by atoms with Crippen LogP contribution in [-0.4, -0.2) is 47.4 Å². The summed E-state index contributed by atoms with van der Waals surface area (Å²) in [6.45, 7) is 0. The molecule has 12 rings (SSSR count). The molecule has 332 valence electrons. The molecule has 0 radical (unpaired) electrons. The maximum Gasteiger partial charge on any atom is 0.0667 e. The molecule has 10 saturated carbocycles. The van der Waals surface area contributed by atoms with Gasteiger partial charge in [-0.15, -0.1) is 0 Å². The number of ether oxygens (including phenoxy) is 2. The van der Waals surface area contributed by atoms with Crippen LogP contribution >= 0.6 is 0 Å². The van der Waals surface area contributed by atoms with Crippen LogP contribution in [0.25, 0.3) is 0 Å². The summed E-state index contributed by atoms with van der Waals surface area (Å²) >= 11 is 0. The molecular weight excluding hydrogens is 719 g/mol. The SMILES string of the molecule is C1CCC(C2CCC(N(C3CCC(C4CCC5C(CCC6CCCCC65)C4)CC3)C3CCC(C4CCCC5C6CCC7OC8CCCCC8C7C6OC45)CC3)CC2)CC1. The van der Waals surface area contributed by atoms with E-state index in [-0.39, 0.29) is 0 Å². The van der Waals surface area contributed by atoms with E-state index in [1.165, 1.54) is 116 Å². The molecule has 0 N–H and O–H groups in total. The van der Waals surface area contributed by atoms with Crippen LogP contribution < -0.4 is 0 Å². The second-order valence-corrected chi connectivity index (χ2v) is 25.1. The van der Waals surface area contributed by atoms with Crippen molar-refractivity contribution in [2.45, 2.75) is 267 Å². The first-order valence-electron chi connectivity index (χ1n) is 28.3. The predicted octanol–water partition coefficient (Wildman–Crippen LogP) is 14.3. The van der Waals surface area contributed by atoms with E-state index < -0.39 is 0 Å². The van der Waals surface area contributed by atoms with E-state index in [0.29, 0.717) is 24.4 Å². The molecule has 2 aliphatic heterocycles. The second-order valence-electron chi connectivity index (χ2n) is 25.1. The lowest BCUT2D eigenvalue weighted by Gasteiger charge is -2.53. The highest BCUT2D eigenvalue weighted by molar-refractivity contribution is 5.08. The van der Waals surface area contributed by atoms with Crippen LogP contribution in [0.15, 0.2) is 0 Å². The van der Waals surface area contributed by atoms with Crippen LogP contribution in [0, 0.1) is 82.9 Å². The molecule has 2 saturated heterocycles. The fourth-order valence-corrected chi connectivity index (χ4v) is 20.4. The molecule has 0 bridgehead atoms. The highest BCUT2D eigenvalue weighted by Gasteiger charge is 2.60. The lowest BCUT2D eigenvalue weighted by molar-refractivity contribution is -0.0880. The van der Waals surface area contributed by atoms with Gasteiger partial charge in [0.05, 0.1) is 24.4 Å². The standard InChI is InChI=1S/C56H91NO2/c1-2-9-36(10-3-1)37-19-26-43(27-20-37)57(44-28-21-38(22-29-44)41-25-32-47-42(35-41)18-17-39-11-4-5-12-46(39)47)45-30-23-40(24-31-45)48-14-8-15-49-50-33-34-53-54(56(50)59-55(48)49)51-13-6-7-16-52(51)58-53/h36-56H,1-35H2. The average Bonchev–Trinajstić information content (AvgIpc) is 3.89. The van der Waals surface area contributed by atoms with E-state index in [1.54, 1.807) is 109 Å². The Hall–Kier alpha value is -0.120. The first kappa shape index (κ1) is 40.4. The van der Waals surface area contributed by atoms with Crippen molar-refractivity contribution in [2.75, 3.05) is 0 Å². The predicted molar refractivity (Wildman–Crippen MR) is 241 cm³/mol. The molecule has 0 aromatic rings. The third-order valence-corrected chi connectivity index (χ3v) is 23.0. The van der Waals surface area contributed by atoms with Crippen LogP contribution in [0.4, 0.5) is 0 Å². The van der Waals surface area contributed by atoms with E-state index in [9.17, 15) is 0 Å². The van der Waals surface area contributed by atoms with Crippen LogP contribution in [0.3, 0.4) is 0 Å². The van der Waals surface area contributed by atoms with Crippen molar-refractivity contribution in [1.29, 1.82) is 0 Å². The van der Waals surface area contributed by atoms with E-state index in [4.69, 9.17) is 9.47 Å². The maximum absolute atomic E-state index is 7.54. The lowest BCUT2D eigenvalue weighted by atomic mass is 9.55. The molecule has 12 fully saturated rings. The highest BCUT2D eigenvalue weighted by atomic mass is 16.5. The van der Waals surface area contributed by atoms with Gasteiger partial charge >= 0.3 is 0 Å². The minimum absolute atomic E-state index is 0.522. The Bertz CT molecular complexity index is 1370. The van der Waals surface area contributed by atoms with Crippen LogP contribution in [0.2, 0.25) is 0 Å². The molecule has 0 spiro atoms. The van der Waals surface area contributed by atoms with Gasteiger partial charge in [0, 0.05) is 24.0 Å². The van der Waals surface area contributed by atoms with Crippen molar-refractivity contribution in [3.63, 3.8) is 0 Å². The summed E-state index contributed by atoms with van der Waals surface area (Å²) < 4.78 is 14.4. The third-order valence-electron chi connectivity index (χ3n) is 23.0. The zero-order valence-electron chi connectivity index (χ0n) is 38.1. The molecule has 2 heterocycles. The summed E-state index contributed by atoms with van der Waals surface area (Å²) in [4.78, 5) is 3.36. The van der Waals surface area contributed by atoms with Gasteiger partial charge in [-0.2, -0.15) is 0 Å². The number of fused-ring (bicyclic) bond motifs is 10. The highest BCUT2D eigenvalue weighted by Crippen LogP contribution is 2.59. The number of hydrogen-bond donors (Lipinski definition) is 0. The number of hydrogen-bond acceptors (Lipinski definition) is 3. The number of nitrogens with zero attached hydrogens (tertiary/aromatic N) is 1. The molecule has 14 unspecified atom stereocenters. The third kappa shape index (κ3) is 7.73. The topological polar surface area (TPSA) is 21.7 Å². The Morgan fingerprint density at radius 2 is 0.729 bits per heavy atom. The van der Waals surface area contributed by atoms with Crippen LogP contribution in [0.5, 0.6) is 0 Å². The quantitative estimate of drug-likeness (QED) is 0.267. The maximum atomic E-state index is 7.54. The Kier molecular flexibility index (Phi) is 12.1. The minimum Gasteiger partial charge on any atom is -0.374 e. The summed E-state index contributed by atoms with van der Waals surface area (Å²) in [6.07, 6.45) is 55.3. The van der Waals surface area contributed by atoms with E-state index in [1.807, 2.05) is 0 Å². The van der Waals surface area contributed by atoms with Crippen molar-refractivity contribution in [3.8, 4) is 0 Å². The number of rotatable bonds is 6. The van der Waals surface area contributed by atoms with Crippen molar-refractivity contribution >= 4 is 0 Å². The van der Waals surface area contributed by atoms with Crippen molar-refractivity contribution in [1.82, 2.24) is 4.90 Å². The first-order chi connectivity index (χ1) is 29.2. The zero-order valence-corrected chi connectivity index (χ0v) is 38.1. The van der Waals surface area contributed by atoms with Gasteiger partial charge in [0.1, 0.15) is 0 Å². The smallest absolute Gasteiger partial charge is 0.0667 e. The molecule has 0 aromatic heterocycles. The van der Waals surface area contributed by atoms with Gasteiger partial charge in [0.25, 0.3) is 0 Å². The van der Waals surface area contributed by atoms with Crippen molar-refractivity contribution in [2.24, 2.45) is 82.9 Å². The van der Waals surface area contributed by atoms with Gasteiger partial charge in [-0.05, 0) is 231 Å². The largest absolute Gasteiger partial charge is 0.374 e. The summed E-state index contributed by atoms with van der Waals surface area (Å²) in [5.41, 5.74) is 0. The van der Waals surface area contributed by atoms with Crippen molar-refractivity contribution in [3.05, 3.63) is 0 Å². The van der Waals surface area contributed by atoms with Gasteiger partial charge in [-0.25, -0.2) is 0 Å². The zero-order chi connectivity index (χ0) is 38.9. The van der Waals surface area contributed by atoms with Gasteiger partial charge in [-0.1, -0.05) is 70.6 Å². The first-order valence-corrected chi connectivity index (χ1v) is 28.3. The fourth-order valence-electron chi connectivity index (χ4n) is 20.4. The molecule has 59 heavy (non-hydrogen) atoms. The van der Waals surface area contributed by atoms with Gasteiger partial charge in [-0.3, -0.25) is 4.90 Å². The normalized spacial score (nSPS) is 53.0. The summed E-state index contributed by atoms with van der Waals surface area (Å²) in [7, 11) is 0. The van der Waals surface area contributed by atoms with Gasteiger partial charge in [0.2, 0.25) is 0 Å². The van der Waals surface area contributed by atoms with Crippen molar-refractivity contribution < 1.29 is 9.47 Å². The molecule has 3 heteroatoms. The summed E-state index contributed by atoms with van der Waals surface area (Å²) in [5, 5.41) is 0. The Morgan fingerprint density at radius 1 is 0.254 bits per heavy atom. The van der Waals surface area contributed by atoms with E-state index in [2.05, 4.69) is 4.90 Å². The van der Waals surface area contributed by atoms with Gasteiger partial charge < -0.3 is 9.47 Å². The monoisotopic (exact) mass is 810 g/mol. The molecule has 3 nitrogen and oxygen atoms in total. The Balaban J connectivity index is 0.700. The van der Waals surface area contributed by atoms with E-state index in [0.717, 1.165) is 101 Å². The molecule has 14 atom stereocenters. The summed E-state index contributed by atoms with van der Waals surface area (Å²) in [6, 6.07) is 2.66. The minimum atomic E-state index is 0.522. The molecule has 0 aromatic carbocycles. The molecule has 12 aliphatic rings. The fraction of sp³-hybridized carbons (Fsp3) is 1.00. The Morgan fingerprint density at radius 3 is 1.49 bits per heavy atom. The molecule has 0 amide bonds. The molecular formula is C56H91NO2. The average molecular weight is 810 g/mol.